The number of halogens is 1. The van der Waals surface area contributed by atoms with Crippen LogP contribution in [0.15, 0.2) is 73.1 Å². The zero-order valence-electron chi connectivity index (χ0n) is 20.2. The Balaban J connectivity index is 1.42. The molecule has 3 aromatic rings. The molecule has 5 rings (SSSR count). The van der Waals surface area contributed by atoms with Crippen molar-refractivity contribution in [2.45, 2.75) is 56.1 Å². The molecule has 0 aliphatic heterocycles. The molecular weight excluding hydrogens is 441 g/mol. The highest BCUT2D eigenvalue weighted by atomic mass is 19.1. The van der Waals surface area contributed by atoms with Crippen molar-refractivity contribution in [3.05, 3.63) is 95.3 Å². The third kappa shape index (κ3) is 5.26. The maximum absolute atomic E-state index is 12.6. The van der Waals surface area contributed by atoms with Gasteiger partial charge in [-0.1, -0.05) is 42.5 Å². The van der Waals surface area contributed by atoms with Crippen molar-refractivity contribution in [1.29, 1.82) is 0 Å². The van der Waals surface area contributed by atoms with Crippen molar-refractivity contribution < 1.29 is 19.0 Å². The number of hydrogen-bond donors (Lipinski definition) is 1. The molecule has 0 unspecified atom stereocenters. The average Bonchev–Trinajstić information content (AvgIpc) is 2.89. The first-order valence-corrected chi connectivity index (χ1v) is 12.7. The number of aliphatic hydroxyl groups is 1. The van der Waals surface area contributed by atoms with E-state index < -0.39 is 12.3 Å². The lowest BCUT2D eigenvalue weighted by atomic mass is 9.52. The monoisotopic (exact) mass is 475 g/mol. The van der Waals surface area contributed by atoms with Crippen molar-refractivity contribution >= 4 is 0 Å². The predicted molar refractivity (Wildman–Crippen MR) is 134 cm³/mol. The number of rotatable bonds is 9. The van der Waals surface area contributed by atoms with E-state index in [1.807, 2.05) is 18.3 Å². The van der Waals surface area contributed by atoms with Crippen molar-refractivity contribution in [1.82, 2.24) is 4.98 Å². The first-order valence-electron chi connectivity index (χ1n) is 12.7. The standard InChI is InChI=1S/C30H34FNO3/c31-14-16-34-22-29(33)12-13-30(18-23-5-2-1-3-6-23)26(19-29)9-8-25-17-27(10-11-28(25)30)35-21-24-7-4-15-32-20-24/h1-7,10-11,15,17,20,26,33H,8-9,12-14,16,18-19,21-22H2/t26-,29-,30+/m1/s1. The topological polar surface area (TPSA) is 51.6 Å². The van der Waals surface area contributed by atoms with E-state index in [0.29, 0.717) is 25.4 Å². The summed E-state index contributed by atoms with van der Waals surface area (Å²) in [6.45, 7) is 0.238. The molecule has 1 saturated carbocycles. The first-order chi connectivity index (χ1) is 17.1. The minimum atomic E-state index is -0.885. The lowest BCUT2D eigenvalue weighted by Crippen LogP contribution is -2.52. The lowest BCUT2D eigenvalue weighted by molar-refractivity contribution is -0.102. The normalized spacial score (nSPS) is 25.5. The molecule has 2 aliphatic carbocycles. The maximum Gasteiger partial charge on any atom is 0.120 e. The van der Waals surface area contributed by atoms with E-state index >= 15 is 0 Å². The molecule has 184 valence electrons. The highest BCUT2D eigenvalue weighted by molar-refractivity contribution is 5.45. The van der Waals surface area contributed by atoms with Gasteiger partial charge in [0, 0.05) is 23.4 Å². The minimum absolute atomic E-state index is 0.0386. The molecule has 35 heavy (non-hydrogen) atoms. The molecule has 1 N–H and O–H groups in total. The van der Waals surface area contributed by atoms with Gasteiger partial charge in [0.25, 0.3) is 0 Å². The maximum atomic E-state index is 12.6. The Hall–Kier alpha value is -2.76. The van der Waals surface area contributed by atoms with Crippen molar-refractivity contribution in [2.75, 3.05) is 19.9 Å². The fourth-order valence-electron chi connectivity index (χ4n) is 6.22. The van der Waals surface area contributed by atoms with Gasteiger partial charge >= 0.3 is 0 Å². The lowest BCUT2D eigenvalue weighted by Gasteiger charge is -2.53. The third-order valence-corrected chi connectivity index (χ3v) is 7.90. The second-order valence-electron chi connectivity index (χ2n) is 10.2. The third-order valence-electron chi connectivity index (χ3n) is 7.90. The molecular formula is C30H34FNO3. The van der Waals surface area contributed by atoms with Gasteiger partial charge in [-0.15, -0.1) is 0 Å². The van der Waals surface area contributed by atoms with Gasteiger partial charge in [0.1, 0.15) is 19.0 Å². The molecule has 3 atom stereocenters. The Kier molecular flexibility index (Phi) is 7.17. The number of alkyl halides is 1. The van der Waals surface area contributed by atoms with Crippen LogP contribution in [0.4, 0.5) is 4.39 Å². The number of ether oxygens (including phenoxy) is 2. The zero-order valence-corrected chi connectivity index (χ0v) is 20.2. The molecule has 1 aromatic heterocycles. The summed E-state index contributed by atoms with van der Waals surface area (Å²) in [4.78, 5) is 4.17. The summed E-state index contributed by atoms with van der Waals surface area (Å²) in [6, 6.07) is 21.2. The van der Waals surface area contributed by atoms with E-state index in [4.69, 9.17) is 9.47 Å². The number of aromatic nitrogens is 1. The molecule has 5 heteroatoms. The Morgan fingerprint density at radius 3 is 2.69 bits per heavy atom. The minimum Gasteiger partial charge on any atom is -0.489 e. The Morgan fingerprint density at radius 2 is 1.89 bits per heavy atom. The van der Waals surface area contributed by atoms with Gasteiger partial charge in [0.2, 0.25) is 0 Å². The predicted octanol–water partition coefficient (Wildman–Crippen LogP) is 5.60. The fraction of sp³-hybridized carbons (Fsp3) is 0.433. The molecule has 0 bridgehead atoms. The van der Waals surface area contributed by atoms with Gasteiger partial charge < -0.3 is 14.6 Å². The van der Waals surface area contributed by atoms with Crippen LogP contribution < -0.4 is 4.74 Å². The number of nitrogens with zero attached hydrogens (tertiary/aromatic N) is 1. The van der Waals surface area contributed by atoms with Gasteiger partial charge in [0.15, 0.2) is 0 Å². The highest BCUT2D eigenvalue weighted by Gasteiger charge is 2.51. The Morgan fingerprint density at radius 1 is 1.03 bits per heavy atom. The first kappa shape index (κ1) is 24.0. The Bertz CT molecular complexity index is 1110. The van der Waals surface area contributed by atoms with E-state index in [1.54, 1.807) is 6.20 Å². The van der Waals surface area contributed by atoms with Crippen molar-refractivity contribution in [3.63, 3.8) is 0 Å². The van der Waals surface area contributed by atoms with Crippen LogP contribution in [0.5, 0.6) is 5.75 Å². The van der Waals surface area contributed by atoms with Gasteiger partial charge in [-0.25, -0.2) is 4.39 Å². The quantitative estimate of drug-likeness (QED) is 0.409. The number of hydrogen-bond acceptors (Lipinski definition) is 4. The van der Waals surface area contributed by atoms with E-state index in [-0.39, 0.29) is 18.6 Å². The number of fused-ring (bicyclic) bond motifs is 3. The van der Waals surface area contributed by atoms with Crippen LogP contribution in [0.2, 0.25) is 0 Å². The summed E-state index contributed by atoms with van der Waals surface area (Å²) in [5, 5.41) is 11.3. The summed E-state index contributed by atoms with van der Waals surface area (Å²) < 4.78 is 24.1. The average molecular weight is 476 g/mol. The molecule has 4 nitrogen and oxygen atoms in total. The molecule has 0 saturated heterocycles. The van der Waals surface area contributed by atoms with Gasteiger partial charge in [-0.2, -0.15) is 0 Å². The molecule has 2 aliphatic rings. The van der Waals surface area contributed by atoms with E-state index in [9.17, 15) is 9.50 Å². The summed E-state index contributed by atoms with van der Waals surface area (Å²) in [5.74, 6) is 1.22. The summed E-state index contributed by atoms with van der Waals surface area (Å²) in [5.41, 5.74) is 4.18. The van der Waals surface area contributed by atoms with Crippen LogP contribution in [0, 0.1) is 5.92 Å². The molecule has 1 heterocycles. The summed E-state index contributed by atoms with van der Waals surface area (Å²) in [6.07, 6.45) is 8.74. The second kappa shape index (κ2) is 10.5. The zero-order chi connectivity index (χ0) is 24.1. The smallest absolute Gasteiger partial charge is 0.120 e. The van der Waals surface area contributed by atoms with Crippen LogP contribution in [0.25, 0.3) is 0 Å². The number of aryl methyl sites for hydroxylation is 1. The second-order valence-corrected chi connectivity index (χ2v) is 10.2. The van der Waals surface area contributed by atoms with E-state index in [2.05, 4.69) is 53.5 Å². The summed E-state index contributed by atoms with van der Waals surface area (Å²) in [7, 11) is 0. The van der Waals surface area contributed by atoms with Gasteiger partial charge in [0.05, 0.1) is 18.8 Å². The molecule has 1 fully saturated rings. The van der Waals surface area contributed by atoms with Crippen molar-refractivity contribution in [2.24, 2.45) is 5.92 Å². The molecule has 0 radical (unpaired) electrons. The van der Waals surface area contributed by atoms with Crippen LogP contribution in [-0.4, -0.2) is 35.6 Å². The van der Waals surface area contributed by atoms with Crippen LogP contribution in [-0.2, 0) is 29.6 Å². The van der Waals surface area contributed by atoms with Crippen LogP contribution in [0.1, 0.15) is 47.9 Å². The number of pyridine rings is 1. The van der Waals surface area contributed by atoms with Crippen LogP contribution >= 0.6 is 0 Å². The SMILES string of the molecule is O[C@]1(COCCF)CC[C@@]2(Cc3ccccc3)c3ccc(OCc4cccnc4)cc3CC[C@@H]2C1. The van der Waals surface area contributed by atoms with E-state index in [1.165, 1.54) is 16.7 Å². The Labute approximate surface area is 207 Å². The van der Waals surface area contributed by atoms with Crippen LogP contribution in [0.3, 0.4) is 0 Å². The number of benzene rings is 2. The molecule has 2 aromatic carbocycles. The highest BCUT2D eigenvalue weighted by Crippen LogP contribution is 2.54. The van der Waals surface area contributed by atoms with E-state index in [0.717, 1.165) is 37.0 Å². The van der Waals surface area contributed by atoms with Gasteiger partial charge in [-0.3, -0.25) is 4.98 Å². The summed E-state index contributed by atoms with van der Waals surface area (Å²) >= 11 is 0. The fourth-order valence-corrected chi connectivity index (χ4v) is 6.22. The van der Waals surface area contributed by atoms with Crippen molar-refractivity contribution in [3.8, 4) is 5.75 Å². The van der Waals surface area contributed by atoms with Gasteiger partial charge in [-0.05, 0) is 79.3 Å². The molecule has 0 spiro atoms. The largest absolute Gasteiger partial charge is 0.489 e. The molecule has 0 amide bonds.